The fourth-order valence-electron chi connectivity index (χ4n) is 2.33. The van der Waals surface area contributed by atoms with E-state index in [1.807, 2.05) is 13.0 Å². The van der Waals surface area contributed by atoms with E-state index in [-0.39, 0.29) is 5.82 Å². The van der Waals surface area contributed by atoms with Crippen LogP contribution in [0.4, 0.5) is 10.1 Å². The van der Waals surface area contributed by atoms with Gasteiger partial charge in [-0.25, -0.2) is 4.39 Å². The van der Waals surface area contributed by atoms with Crippen molar-refractivity contribution in [3.63, 3.8) is 0 Å². The molecular formula is C14H20FN. The summed E-state index contributed by atoms with van der Waals surface area (Å²) in [5.74, 6) is 0.505. The van der Waals surface area contributed by atoms with E-state index in [9.17, 15) is 4.39 Å². The number of hydrogen-bond donors (Lipinski definition) is 1. The van der Waals surface area contributed by atoms with E-state index in [1.165, 1.54) is 5.56 Å². The average Bonchev–Trinajstić information content (AvgIpc) is 2.22. The number of rotatable bonds is 0. The van der Waals surface area contributed by atoms with Crippen molar-refractivity contribution in [3.05, 3.63) is 29.1 Å². The Hall–Kier alpha value is -1.05. The molecule has 0 bridgehead atoms. The maximum Gasteiger partial charge on any atom is 0.128 e. The smallest absolute Gasteiger partial charge is 0.128 e. The molecule has 1 aliphatic rings. The maximum absolute atomic E-state index is 13.4. The summed E-state index contributed by atoms with van der Waals surface area (Å²) in [5.41, 5.74) is 3.32. The molecule has 2 heteroatoms. The predicted octanol–water partition coefficient (Wildman–Crippen LogP) is 3.76. The number of benzene rings is 1. The Bertz CT molecular complexity index is 404. The number of fused-ring (bicyclic) bond motifs is 1. The van der Waals surface area contributed by atoms with Crippen LogP contribution in [0.3, 0.4) is 0 Å². The molecule has 1 unspecified atom stereocenters. The molecule has 0 saturated heterocycles. The van der Waals surface area contributed by atoms with Crippen LogP contribution in [0, 0.1) is 24.1 Å². The Balaban J connectivity index is 2.33. The Morgan fingerprint density at radius 3 is 2.62 bits per heavy atom. The molecular weight excluding hydrogens is 201 g/mol. The third-order valence-electron chi connectivity index (χ3n) is 3.70. The van der Waals surface area contributed by atoms with Crippen LogP contribution in [0.5, 0.6) is 0 Å². The van der Waals surface area contributed by atoms with Crippen LogP contribution >= 0.6 is 0 Å². The lowest BCUT2D eigenvalue weighted by Crippen LogP contribution is -2.33. The van der Waals surface area contributed by atoms with Crippen molar-refractivity contribution in [2.45, 2.75) is 34.1 Å². The maximum atomic E-state index is 13.4. The highest BCUT2D eigenvalue weighted by atomic mass is 19.1. The molecule has 1 heterocycles. The lowest BCUT2D eigenvalue weighted by Gasteiger charge is -2.36. The van der Waals surface area contributed by atoms with Crippen molar-refractivity contribution >= 4 is 5.69 Å². The molecule has 0 aliphatic carbocycles. The fraction of sp³-hybridized carbons (Fsp3) is 0.571. The minimum atomic E-state index is -0.111. The minimum Gasteiger partial charge on any atom is -0.384 e. The molecule has 16 heavy (non-hydrogen) atoms. The summed E-state index contributed by atoms with van der Waals surface area (Å²) in [6.07, 6.45) is 1.05. The second kappa shape index (κ2) is 3.76. The van der Waals surface area contributed by atoms with Crippen molar-refractivity contribution < 1.29 is 4.39 Å². The Labute approximate surface area is 97.1 Å². The van der Waals surface area contributed by atoms with Crippen LogP contribution in [0.15, 0.2) is 12.1 Å². The summed E-state index contributed by atoms with van der Waals surface area (Å²) in [4.78, 5) is 0. The molecule has 0 spiro atoms. The van der Waals surface area contributed by atoms with Crippen LogP contribution in [-0.4, -0.2) is 6.54 Å². The second-order valence-electron chi connectivity index (χ2n) is 5.85. The monoisotopic (exact) mass is 221 g/mol. The molecule has 0 fully saturated rings. The van der Waals surface area contributed by atoms with E-state index in [0.29, 0.717) is 11.3 Å². The average molecular weight is 221 g/mol. The van der Waals surface area contributed by atoms with E-state index in [4.69, 9.17) is 0 Å². The summed E-state index contributed by atoms with van der Waals surface area (Å²) in [5, 5.41) is 3.39. The van der Waals surface area contributed by atoms with Gasteiger partial charge in [-0.05, 0) is 36.3 Å². The number of hydrogen-bond acceptors (Lipinski definition) is 1. The van der Waals surface area contributed by atoms with Crippen LogP contribution < -0.4 is 5.32 Å². The largest absolute Gasteiger partial charge is 0.384 e. The Morgan fingerprint density at radius 2 is 2.00 bits per heavy atom. The van der Waals surface area contributed by atoms with Crippen LogP contribution in [0.2, 0.25) is 0 Å². The van der Waals surface area contributed by atoms with Crippen molar-refractivity contribution in [2.75, 3.05) is 11.9 Å². The van der Waals surface area contributed by atoms with E-state index in [2.05, 4.69) is 26.1 Å². The summed E-state index contributed by atoms with van der Waals surface area (Å²) < 4.78 is 13.4. The van der Waals surface area contributed by atoms with Gasteiger partial charge >= 0.3 is 0 Å². The lowest BCUT2D eigenvalue weighted by atomic mass is 9.75. The molecule has 1 aliphatic heterocycles. The highest BCUT2D eigenvalue weighted by molar-refractivity contribution is 5.59. The minimum absolute atomic E-state index is 0.111. The van der Waals surface area contributed by atoms with E-state index >= 15 is 0 Å². The normalized spacial score (nSPS) is 20.2. The van der Waals surface area contributed by atoms with E-state index in [0.717, 1.165) is 24.2 Å². The van der Waals surface area contributed by atoms with Crippen LogP contribution in [0.25, 0.3) is 0 Å². The molecule has 1 nitrogen and oxygen atoms in total. The number of nitrogens with one attached hydrogen (secondary N) is 1. The highest BCUT2D eigenvalue weighted by Gasteiger charge is 2.29. The first kappa shape index (κ1) is 11.4. The zero-order chi connectivity index (χ0) is 11.9. The van der Waals surface area contributed by atoms with Crippen molar-refractivity contribution in [2.24, 2.45) is 11.3 Å². The van der Waals surface area contributed by atoms with Crippen molar-refractivity contribution in [1.82, 2.24) is 0 Å². The number of anilines is 1. The van der Waals surface area contributed by atoms with Crippen LogP contribution in [-0.2, 0) is 6.42 Å². The first-order valence-electron chi connectivity index (χ1n) is 5.91. The van der Waals surface area contributed by atoms with Gasteiger partial charge in [-0.3, -0.25) is 0 Å². The SMILES string of the molecule is Cc1c(F)ccc2c1NCC(C(C)(C)C)C2. The van der Waals surface area contributed by atoms with Gasteiger partial charge in [-0.15, -0.1) is 0 Å². The summed E-state index contributed by atoms with van der Waals surface area (Å²) >= 11 is 0. The molecule has 0 radical (unpaired) electrons. The topological polar surface area (TPSA) is 12.0 Å². The summed E-state index contributed by atoms with van der Waals surface area (Å²) in [7, 11) is 0. The van der Waals surface area contributed by atoms with E-state index in [1.54, 1.807) is 6.07 Å². The molecule has 1 N–H and O–H groups in total. The molecule has 0 amide bonds. The van der Waals surface area contributed by atoms with Crippen molar-refractivity contribution in [3.8, 4) is 0 Å². The first-order valence-corrected chi connectivity index (χ1v) is 5.91. The van der Waals surface area contributed by atoms with Gasteiger partial charge in [0.15, 0.2) is 0 Å². The van der Waals surface area contributed by atoms with Gasteiger partial charge in [0.25, 0.3) is 0 Å². The van der Waals surface area contributed by atoms with Gasteiger partial charge in [-0.1, -0.05) is 26.8 Å². The molecule has 0 aromatic heterocycles. The fourth-order valence-corrected chi connectivity index (χ4v) is 2.33. The summed E-state index contributed by atoms with van der Waals surface area (Å²) in [6.45, 7) is 9.58. The van der Waals surface area contributed by atoms with Gasteiger partial charge in [0.2, 0.25) is 0 Å². The van der Waals surface area contributed by atoms with E-state index < -0.39 is 0 Å². The lowest BCUT2D eigenvalue weighted by molar-refractivity contribution is 0.247. The van der Waals surface area contributed by atoms with Crippen LogP contribution in [0.1, 0.15) is 31.9 Å². The first-order chi connectivity index (χ1) is 7.39. The third-order valence-corrected chi connectivity index (χ3v) is 3.70. The highest BCUT2D eigenvalue weighted by Crippen LogP contribution is 2.36. The van der Waals surface area contributed by atoms with Crippen molar-refractivity contribution in [1.29, 1.82) is 0 Å². The quantitative estimate of drug-likeness (QED) is 0.703. The Kier molecular flexibility index (Phi) is 2.69. The third kappa shape index (κ3) is 1.93. The molecule has 0 saturated carbocycles. The predicted molar refractivity (Wildman–Crippen MR) is 66.3 cm³/mol. The molecule has 88 valence electrons. The number of halogens is 1. The van der Waals surface area contributed by atoms with Gasteiger partial charge in [0, 0.05) is 17.8 Å². The summed E-state index contributed by atoms with van der Waals surface area (Å²) in [6, 6.07) is 3.50. The Morgan fingerprint density at radius 1 is 1.31 bits per heavy atom. The standard InChI is InChI=1S/C14H20FN/c1-9-12(15)6-5-10-7-11(14(2,3)4)8-16-13(9)10/h5-6,11,16H,7-8H2,1-4H3. The van der Waals surface area contributed by atoms with Gasteiger partial charge in [0.1, 0.15) is 5.82 Å². The van der Waals surface area contributed by atoms with Gasteiger partial charge in [-0.2, -0.15) is 0 Å². The zero-order valence-corrected chi connectivity index (χ0v) is 10.5. The molecule has 2 rings (SSSR count). The van der Waals surface area contributed by atoms with Gasteiger partial charge < -0.3 is 5.32 Å². The second-order valence-corrected chi connectivity index (χ2v) is 5.85. The van der Waals surface area contributed by atoms with Gasteiger partial charge in [0.05, 0.1) is 0 Å². The molecule has 1 aromatic carbocycles. The molecule has 1 aromatic rings. The molecule has 1 atom stereocenters. The zero-order valence-electron chi connectivity index (χ0n) is 10.5.